The van der Waals surface area contributed by atoms with E-state index in [1.807, 2.05) is 42.5 Å². The molecular weight excluding hydrogens is 470 g/mol. The van der Waals surface area contributed by atoms with Gasteiger partial charge < -0.3 is 25.7 Å². The zero-order chi connectivity index (χ0) is 25.9. The Morgan fingerprint density at radius 3 is 2.70 bits per heavy atom. The summed E-state index contributed by atoms with van der Waals surface area (Å²) in [6.45, 7) is 0. The predicted octanol–water partition coefficient (Wildman–Crippen LogP) is 3.28. The molecule has 1 unspecified atom stereocenters. The van der Waals surface area contributed by atoms with Gasteiger partial charge in [0.2, 0.25) is 11.8 Å². The molecule has 0 saturated heterocycles. The number of carbonyl (C=O) groups excluding carboxylic acids is 3. The molecule has 4 N–H and O–H groups in total. The molecule has 190 valence electrons. The molecule has 1 aliphatic heterocycles. The standard InChI is InChI=1S/C28H29N5O4/c1-37-25-8-4-7-22-20(25)14-24(31-22)28(36)33-23(11-16-9-10-16)27(35)30-19(15-29)13-18-12-17-5-2-3-6-21(17)32-26(18)34/h2-8,14,16,18-19,23,31H,9-13H2,1H3,(H,30,35)(H,32,34)(H,33,36)/t18-,19-,23?/m0/s1. The van der Waals surface area contributed by atoms with Gasteiger partial charge in [0, 0.05) is 22.5 Å². The van der Waals surface area contributed by atoms with Gasteiger partial charge in [0.05, 0.1) is 13.2 Å². The fourth-order valence-electron chi connectivity index (χ4n) is 4.89. The predicted molar refractivity (Wildman–Crippen MR) is 138 cm³/mol. The van der Waals surface area contributed by atoms with E-state index >= 15 is 0 Å². The van der Waals surface area contributed by atoms with E-state index in [4.69, 9.17) is 4.74 Å². The summed E-state index contributed by atoms with van der Waals surface area (Å²) in [4.78, 5) is 42.0. The van der Waals surface area contributed by atoms with Crippen molar-refractivity contribution in [2.75, 3.05) is 12.4 Å². The molecule has 3 atom stereocenters. The molecule has 1 fully saturated rings. The smallest absolute Gasteiger partial charge is 0.268 e. The van der Waals surface area contributed by atoms with Crippen LogP contribution in [0.25, 0.3) is 10.9 Å². The Morgan fingerprint density at radius 1 is 1.14 bits per heavy atom. The fourth-order valence-corrected chi connectivity index (χ4v) is 4.89. The van der Waals surface area contributed by atoms with E-state index in [0.717, 1.165) is 35.0 Å². The number of nitriles is 1. The fraction of sp³-hybridized carbons (Fsp3) is 0.357. The third-order valence-corrected chi connectivity index (χ3v) is 7.08. The van der Waals surface area contributed by atoms with E-state index in [1.165, 1.54) is 0 Å². The van der Waals surface area contributed by atoms with E-state index in [0.29, 0.717) is 30.2 Å². The van der Waals surface area contributed by atoms with E-state index < -0.39 is 29.8 Å². The van der Waals surface area contributed by atoms with E-state index in [-0.39, 0.29) is 12.3 Å². The Labute approximate surface area is 214 Å². The highest BCUT2D eigenvalue weighted by atomic mass is 16.5. The van der Waals surface area contributed by atoms with Gasteiger partial charge in [-0.15, -0.1) is 0 Å². The number of benzene rings is 2. The molecule has 1 aromatic heterocycles. The van der Waals surface area contributed by atoms with Crippen LogP contribution in [0.1, 0.15) is 41.7 Å². The van der Waals surface area contributed by atoms with Gasteiger partial charge >= 0.3 is 0 Å². The number of nitrogens with zero attached hydrogens (tertiary/aromatic N) is 1. The monoisotopic (exact) mass is 499 g/mol. The molecular formula is C28H29N5O4. The number of rotatable bonds is 9. The molecule has 9 heteroatoms. The van der Waals surface area contributed by atoms with E-state index in [2.05, 4.69) is 27.0 Å². The first kappa shape index (κ1) is 24.4. The van der Waals surface area contributed by atoms with Gasteiger partial charge in [-0.05, 0) is 55.0 Å². The average Bonchev–Trinajstić information content (AvgIpc) is 3.61. The van der Waals surface area contributed by atoms with Crippen LogP contribution in [0.15, 0.2) is 48.5 Å². The number of amides is 3. The Kier molecular flexibility index (Phi) is 6.82. The van der Waals surface area contributed by atoms with Crippen molar-refractivity contribution in [1.82, 2.24) is 15.6 Å². The maximum Gasteiger partial charge on any atom is 0.268 e. The number of para-hydroxylation sites is 1. The number of carbonyl (C=O) groups is 3. The number of fused-ring (bicyclic) bond motifs is 2. The number of hydrogen-bond donors (Lipinski definition) is 4. The molecule has 0 spiro atoms. The van der Waals surface area contributed by atoms with Crippen LogP contribution < -0.4 is 20.7 Å². The Bertz CT molecular complexity index is 1390. The summed E-state index contributed by atoms with van der Waals surface area (Å²) in [5.41, 5.74) is 2.86. The van der Waals surface area contributed by atoms with Crippen molar-refractivity contribution < 1.29 is 19.1 Å². The van der Waals surface area contributed by atoms with Crippen LogP contribution in [-0.4, -0.2) is 41.9 Å². The molecule has 2 heterocycles. The lowest BCUT2D eigenvalue weighted by Gasteiger charge is -2.27. The summed E-state index contributed by atoms with van der Waals surface area (Å²) < 4.78 is 5.37. The van der Waals surface area contributed by atoms with Crippen LogP contribution in [0, 0.1) is 23.2 Å². The Balaban J connectivity index is 1.26. The first-order valence-corrected chi connectivity index (χ1v) is 12.5. The van der Waals surface area contributed by atoms with Crippen molar-refractivity contribution >= 4 is 34.3 Å². The summed E-state index contributed by atoms with van der Waals surface area (Å²) in [7, 11) is 1.57. The minimum absolute atomic E-state index is 0.162. The maximum atomic E-state index is 13.2. The number of anilines is 1. The zero-order valence-corrected chi connectivity index (χ0v) is 20.5. The molecule has 3 amide bonds. The van der Waals surface area contributed by atoms with Crippen molar-refractivity contribution in [3.05, 3.63) is 59.8 Å². The summed E-state index contributed by atoms with van der Waals surface area (Å²) in [6, 6.07) is 15.2. The largest absolute Gasteiger partial charge is 0.496 e. The molecule has 37 heavy (non-hydrogen) atoms. The number of ether oxygens (including phenoxy) is 1. The normalized spacial score (nSPS) is 18.2. The van der Waals surface area contributed by atoms with Crippen molar-refractivity contribution in [3.8, 4) is 11.8 Å². The van der Waals surface area contributed by atoms with E-state index in [1.54, 1.807) is 13.2 Å². The number of hydrogen-bond acceptors (Lipinski definition) is 5. The quantitative estimate of drug-likeness (QED) is 0.358. The molecule has 1 saturated carbocycles. The number of aromatic nitrogens is 1. The minimum Gasteiger partial charge on any atom is -0.496 e. The van der Waals surface area contributed by atoms with Crippen LogP contribution in [0.5, 0.6) is 5.75 Å². The van der Waals surface area contributed by atoms with Crippen LogP contribution in [0.3, 0.4) is 0 Å². The molecule has 0 radical (unpaired) electrons. The Hall–Kier alpha value is -4.32. The first-order valence-electron chi connectivity index (χ1n) is 12.5. The average molecular weight is 500 g/mol. The van der Waals surface area contributed by atoms with Crippen LogP contribution in [0.2, 0.25) is 0 Å². The molecule has 5 rings (SSSR count). The maximum absolute atomic E-state index is 13.2. The van der Waals surface area contributed by atoms with Gasteiger partial charge in [-0.3, -0.25) is 14.4 Å². The second-order valence-corrected chi connectivity index (χ2v) is 9.78. The molecule has 2 aliphatic rings. The lowest BCUT2D eigenvalue weighted by molar-refractivity contribution is -0.124. The molecule has 2 aromatic carbocycles. The second-order valence-electron chi connectivity index (χ2n) is 9.78. The highest BCUT2D eigenvalue weighted by Gasteiger charge is 2.34. The topological polar surface area (TPSA) is 136 Å². The summed E-state index contributed by atoms with van der Waals surface area (Å²) in [5, 5.41) is 19.0. The summed E-state index contributed by atoms with van der Waals surface area (Å²) >= 11 is 0. The summed E-state index contributed by atoms with van der Waals surface area (Å²) in [5.74, 6) is -0.415. The van der Waals surface area contributed by atoms with Gasteiger partial charge in [0.15, 0.2) is 0 Å². The molecule has 9 nitrogen and oxygen atoms in total. The second kappa shape index (κ2) is 10.3. The third-order valence-electron chi connectivity index (χ3n) is 7.08. The van der Waals surface area contributed by atoms with Gasteiger partial charge in [-0.2, -0.15) is 5.26 Å². The van der Waals surface area contributed by atoms with Crippen LogP contribution >= 0.6 is 0 Å². The van der Waals surface area contributed by atoms with Crippen LogP contribution in [0.4, 0.5) is 5.69 Å². The van der Waals surface area contributed by atoms with Gasteiger partial charge in [0.25, 0.3) is 5.91 Å². The van der Waals surface area contributed by atoms with Gasteiger partial charge in [-0.25, -0.2) is 0 Å². The third kappa shape index (κ3) is 5.43. The molecule has 3 aromatic rings. The number of methoxy groups -OCH3 is 1. The first-order chi connectivity index (χ1) is 17.9. The van der Waals surface area contributed by atoms with Crippen molar-refractivity contribution in [2.24, 2.45) is 11.8 Å². The molecule has 1 aliphatic carbocycles. The van der Waals surface area contributed by atoms with Crippen LogP contribution in [-0.2, 0) is 16.0 Å². The Morgan fingerprint density at radius 2 is 1.95 bits per heavy atom. The van der Waals surface area contributed by atoms with Crippen molar-refractivity contribution in [3.63, 3.8) is 0 Å². The highest BCUT2D eigenvalue weighted by Crippen LogP contribution is 2.34. The SMILES string of the molecule is COc1cccc2[nH]c(C(=O)NC(CC3CC3)C(=O)N[C@H](C#N)C[C@@H]3Cc4ccccc4NC3=O)cc12. The lowest BCUT2D eigenvalue weighted by atomic mass is 9.88. The van der Waals surface area contributed by atoms with Crippen molar-refractivity contribution in [1.29, 1.82) is 5.26 Å². The minimum atomic E-state index is -0.857. The number of nitrogens with one attached hydrogen (secondary N) is 4. The lowest BCUT2D eigenvalue weighted by Crippen LogP contribution is -2.50. The zero-order valence-electron chi connectivity index (χ0n) is 20.5. The molecule has 0 bridgehead atoms. The summed E-state index contributed by atoms with van der Waals surface area (Å²) in [6.07, 6.45) is 3.20. The number of aromatic amines is 1. The van der Waals surface area contributed by atoms with Gasteiger partial charge in [-0.1, -0.05) is 37.1 Å². The van der Waals surface area contributed by atoms with Gasteiger partial charge in [0.1, 0.15) is 23.5 Å². The number of H-pyrrole nitrogens is 1. The van der Waals surface area contributed by atoms with E-state index in [9.17, 15) is 19.6 Å². The highest BCUT2D eigenvalue weighted by molar-refractivity contribution is 6.01. The van der Waals surface area contributed by atoms with Crippen molar-refractivity contribution in [2.45, 2.75) is 44.2 Å².